The molecule has 0 N–H and O–H groups in total. The van der Waals surface area contributed by atoms with Gasteiger partial charge in [0, 0.05) is 0 Å². The molecule has 3 heteroatoms. The molecule has 0 bridgehead atoms. The summed E-state index contributed by atoms with van der Waals surface area (Å²) < 4.78 is 5.38. The van der Waals surface area contributed by atoms with Gasteiger partial charge in [-0.1, -0.05) is 21.4 Å². The smallest absolute Gasteiger partial charge is 0.122 e. The molecule has 1 nitrogen and oxygen atoms in total. The van der Waals surface area contributed by atoms with E-state index in [2.05, 4.69) is 29.2 Å². The van der Waals surface area contributed by atoms with Crippen molar-refractivity contribution in [3.8, 4) is 5.75 Å². The summed E-state index contributed by atoms with van der Waals surface area (Å²) in [6.07, 6.45) is 0.657. The second-order valence-corrected chi connectivity index (χ2v) is 2.84. The quantitative estimate of drug-likeness (QED) is 0.673. The van der Waals surface area contributed by atoms with Gasteiger partial charge in [-0.2, -0.15) is 0 Å². The maximum atomic E-state index is 5.38. The van der Waals surface area contributed by atoms with E-state index in [1.165, 1.54) is 11.1 Å². The third-order valence-electron chi connectivity index (χ3n) is 1.79. The van der Waals surface area contributed by atoms with E-state index in [4.69, 9.17) is 4.74 Å². The fourth-order valence-electron chi connectivity index (χ4n) is 0.970. The molecule has 0 aliphatic carbocycles. The first kappa shape index (κ1) is 11.7. The van der Waals surface area contributed by atoms with Crippen LogP contribution in [0.2, 0.25) is 0 Å². The van der Waals surface area contributed by atoms with E-state index in [9.17, 15) is 0 Å². The van der Waals surface area contributed by atoms with Gasteiger partial charge in [-0.05, 0) is 31.0 Å². The number of halogens is 1. The third-order valence-corrected chi connectivity index (χ3v) is 1.96. The molecule has 1 aromatic rings. The number of rotatable bonds is 2. The monoisotopic (exact) mass is 204 g/mol. The zero-order chi connectivity index (χ0) is 8.27. The van der Waals surface area contributed by atoms with Crippen molar-refractivity contribution in [3.63, 3.8) is 0 Å². The maximum absolute atomic E-state index is 5.38. The standard InChI is InChI=1S/C9H13OP.ClH/c1-7-4-3-5-9(8(7)2)10-6-11;/h3-5H,6,11H2,1-2H3;1H. The highest BCUT2D eigenvalue weighted by molar-refractivity contribution is 7.16. The van der Waals surface area contributed by atoms with Gasteiger partial charge in [0.1, 0.15) is 12.1 Å². The van der Waals surface area contributed by atoms with Gasteiger partial charge in [0.25, 0.3) is 0 Å². The predicted octanol–water partition coefficient (Wildman–Crippen LogP) is 2.94. The molecular weight excluding hydrogens is 191 g/mol. The van der Waals surface area contributed by atoms with Gasteiger partial charge in [-0.15, -0.1) is 12.4 Å². The molecule has 12 heavy (non-hydrogen) atoms. The van der Waals surface area contributed by atoms with Gasteiger partial charge in [-0.3, -0.25) is 0 Å². The fraction of sp³-hybridized carbons (Fsp3) is 0.333. The van der Waals surface area contributed by atoms with Crippen LogP contribution in [0, 0.1) is 13.8 Å². The van der Waals surface area contributed by atoms with Crippen molar-refractivity contribution in [2.24, 2.45) is 0 Å². The van der Waals surface area contributed by atoms with Gasteiger partial charge in [0.2, 0.25) is 0 Å². The number of benzene rings is 1. The molecule has 0 radical (unpaired) electrons. The van der Waals surface area contributed by atoms with Crippen molar-refractivity contribution < 1.29 is 4.74 Å². The van der Waals surface area contributed by atoms with Crippen LogP contribution in [0.3, 0.4) is 0 Å². The summed E-state index contributed by atoms with van der Waals surface area (Å²) in [5, 5.41) is 0. The number of hydrogen-bond donors (Lipinski definition) is 0. The molecule has 1 unspecified atom stereocenters. The SMILES string of the molecule is Cc1cccc(OCP)c1C.Cl. The summed E-state index contributed by atoms with van der Waals surface area (Å²) in [4.78, 5) is 0. The van der Waals surface area contributed by atoms with Crippen LogP contribution < -0.4 is 4.74 Å². The Morgan fingerprint density at radius 1 is 1.33 bits per heavy atom. The molecule has 0 aliphatic rings. The average Bonchev–Trinajstić information content (AvgIpc) is 1.99. The lowest BCUT2D eigenvalue weighted by atomic mass is 10.1. The molecule has 1 rings (SSSR count). The molecular formula is C9H14ClOP. The first-order valence-corrected chi connectivity index (χ1v) is 4.46. The summed E-state index contributed by atoms with van der Waals surface area (Å²) in [6, 6.07) is 6.09. The van der Waals surface area contributed by atoms with E-state index in [0.29, 0.717) is 6.35 Å². The lowest BCUT2D eigenvalue weighted by Crippen LogP contribution is -1.92. The Morgan fingerprint density at radius 3 is 2.58 bits per heavy atom. The minimum Gasteiger partial charge on any atom is -0.489 e. The Bertz CT molecular complexity index is 250. The highest BCUT2D eigenvalue weighted by Gasteiger charge is 1.98. The Kier molecular flexibility index (Phi) is 5.28. The minimum atomic E-state index is 0. The summed E-state index contributed by atoms with van der Waals surface area (Å²) >= 11 is 0. The van der Waals surface area contributed by atoms with Gasteiger partial charge in [-0.25, -0.2) is 0 Å². The molecule has 0 amide bonds. The van der Waals surface area contributed by atoms with Gasteiger partial charge in [0.05, 0.1) is 0 Å². The van der Waals surface area contributed by atoms with Crippen LogP contribution >= 0.6 is 21.6 Å². The molecule has 1 atom stereocenters. The van der Waals surface area contributed by atoms with Crippen LogP contribution in [-0.4, -0.2) is 6.35 Å². The summed E-state index contributed by atoms with van der Waals surface area (Å²) in [5.74, 6) is 0.986. The predicted molar refractivity (Wildman–Crippen MR) is 58.4 cm³/mol. The summed E-state index contributed by atoms with van der Waals surface area (Å²) in [5.41, 5.74) is 2.51. The highest BCUT2D eigenvalue weighted by Crippen LogP contribution is 2.20. The van der Waals surface area contributed by atoms with Crippen LogP contribution in [0.1, 0.15) is 11.1 Å². The molecule has 1 aromatic carbocycles. The second-order valence-electron chi connectivity index (χ2n) is 2.51. The largest absolute Gasteiger partial charge is 0.489 e. The Balaban J connectivity index is 0.00000121. The van der Waals surface area contributed by atoms with Crippen LogP contribution in [0.25, 0.3) is 0 Å². The van der Waals surface area contributed by atoms with Crippen molar-refractivity contribution in [2.45, 2.75) is 13.8 Å². The molecule has 0 aromatic heterocycles. The first-order chi connectivity index (χ1) is 5.25. The minimum absolute atomic E-state index is 0. The molecule has 0 heterocycles. The van der Waals surface area contributed by atoms with Crippen LogP contribution in [0.5, 0.6) is 5.75 Å². The Hall–Kier alpha value is -0.260. The highest BCUT2D eigenvalue weighted by atomic mass is 35.5. The molecule has 0 spiro atoms. The molecule has 0 aliphatic heterocycles. The van der Waals surface area contributed by atoms with E-state index in [-0.39, 0.29) is 12.4 Å². The number of aryl methyl sites for hydroxylation is 1. The Labute approximate surface area is 82.1 Å². The van der Waals surface area contributed by atoms with Gasteiger partial charge < -0.3 is 4.74 Å². The maximum Gasteiger partial charge on any atom is 0.122 e. The van der Waals surface area contributed by atoms with Crippen molar-refractivity contribution in [1.82, 2.24) is 0 Å². The average molecular weight is 205 g/mol. The second kappa shape index (κ2) is 5.40. The molecule has 68 valence electrons. The van der Waals surface area contributed by atoms with E-state index < -0.39 is 0 Å². The van der Waals surface area contributed by atoms with Gasteiger partial charge in [0.15, 0.2) is 0 Å². The van der Waals surface area contributed by atoms with E-state index >= 15 is 0 Å². The van der Waals surface area contributed by atoms with E-state index in [1.54, 1.807) is 0 Å². The van der Waals surface area contributed by atoms with Crippen LogP contribution in [0.15, 0.2) is 18.2 Å². The van der Waals surface area contributed by atoms with Gasteiger partial charge >= 0.3 is 0 Å². The summed E-state index contributed by atoms with van der Waals surface area (Å²) in [7, 11) is 2.54. The topological polar surface area (TPSA) is 9.23 Å². The fourth-order valence-corrected chi connectivity index (χ4v) is 1.15. The lowest BCUT2D eigenvalue weighted by molar-refractivity contribution is 0.389. The van der Waals surface area contributed by atoms with E-state index in [1.807, 2.05) is 12.1 Å². The zero-order valence-electron chi connectivity index (χ0n) is 7.33. The lowest BCUT2D eigenvalue weighted by Gasteiger charge is -2.07. The normalized spacial score (nSPS) is 8.92. The number of ether oxygens (including phenoxy) is 1. The van der Waals surface area contributed by atoms with Crippen molar-refractivity contribution in [2.75, 3.05) is 6.35 Å². The number of hydrogen-bond acceptors (Lipinski definition) is 1. The van der Waals surface area contributed by atoms with Crippen LogP contribution in [-0.2, 0) is 0 Å². The van der Waals surface area contributed by atoms with Crippen molar-refractivity contribution >= 4 is 21.6 Å². The Morgan fingerprint density at radius 2 is 2.00 bits per heavy atom. The van der Waals surface area contributed by atoms with Crippen molar-refractivity contribution in [3.05, 3.63) is 29.3 Å². The molecule has 0 saturated heterocycles. The zero-order valence-corrected chi connectivity index (χ0v) is 9.30. The van der Waals surface area contributed by atoms with E-state index in [0.717, 1.165) is 5.75 Å². The first-order valence-electron chi connectivity index (χ1n) is 3.65. The molecule has 0 saturated carbocycles. The molecule has 0 fully saturated rings. The van der Waals surface area contributed by atoms with Crippen molar-refractivity contribution in [1.29, 1.82) is 0 Å². The third kappa shape index (κ3) is 2.66. The summed E-state index contributed by atoms with van der Waals surface area (Å²) in [6.45, 7) is 4.16. The van der Waals surface area contributed by atoms with Crippen LogP contribution in [0.4, 0.5) is 0 Å².